The zero-order valence-corrected chi connectivity index (χ0v) is 12.5. The number of methoxy groups -OCH3 is 1. The van der Waals surface area contributed by atoms with Crippen molar-refractivity contribution in [3.63, 3.8) is 0 Å². The Hall–Kier alpha value is -2.00. The monoisotopic (exact) mass is 295 g/mol. The van der Waals surface area contributed by atoms with E-state index < -0.39 is 5.60 Å². The summed E-state index contributed by atoms with van der Waals surface area (Å²) in [5.74, 6) is -0.276. The Labute approximate surface area is 129 Å². The number of rotatable bonds is 3. The molecule has 1 fully saturated rings. The standard InChI is InChI=1S/C19H18FNO/c1-3-15-17-18(20)13(9-10-19(15,17)22-2)14-11-21-16-8-6-4-5-7-12(14)16/h3,5-12,15,17H,1,4H2,2H3. The molecule has 0 spiro atoms. The van der Waals surface area contributed by atoms with Crippen LogP contribution in [0.25, 0.3) is 0 Å². The summed E-state index contributed by atoms with van der Waals surface area (Å²) in [7, 11) is 1.63. The van der Waals surface area contributed by atoms with Gasteiger partial charge in [-0.1, -0.05) is 36.5 Å². The molecule has 0 aromatic rings. The van der Waals surface area contributed by atoms with Crippen molar-refractivity contribution in [2.45, 2.75) is 12.0 Å². The fourth-order valence-electron chi connectivity index (χ4n) is 3.86. The first-order valence-electron chi connectivity index (χ1n) is 7.61. The maximum Gasteiger partial charge on any atom is 0.115 e. The highest BCUT2D eigenvalue weighted by Gasteiger charge is 2.66. The van der Waals surface area contributed by atoms with Gasteiger partial charge in [0.15, 0.2) is 0 Å². The smallest absolute Gasteiger partial charge is 0.115 e. The molecular formula is C19H18FNO. The maximum atomic E-state index is 15.0. The lowest BCUT2D eigenvalue weighted by Gasteiger charge is -2.19. The van der Waals surface area contributed by atoms with Crippen LogP contribution in [0.1, 0.15) is 6.42 Å². The van der Waals surface area contributed by atoms with E-state index in [4.69, 9.17) is 4.74 Å². The molecule has 112 valence electrons. The van der Waals surface area contributed by atoms with Crippen LogP contribution in [0.2, 0.25) is 0 Å². The molecule has 1 heterocycles. The fraction of sp³-hybridized carbons (Fsp3) is 0.316. The second-order valence-electron chi connectivity index (χ2n) is 6.07. The molecule has 4 aliphatic rings. The van der Waals surface area contributed by atoms with Crippen molar-refractivity contribution in [2.24, 2.45) is 22.7 Å². The van der Waals surface area contributed by atoms with E-state index in [1.807, 2.05) is 18.2 Å². The van der Waals surface area contributed by atoms with E-state index in [0.29, 0.717) is 5.57 Å². The molecule has 0 aromatic carbocycles. The van der Waals surface area contributed by atoms with E-state index in [9.17, 15) is 0 Å². The van der Waals surface area contributed by atoms with Crippen molar-refractivity contribution in [2.75, 3.05) is 7.11 Å². The van der Waals surface area contributed by atoms with Gasteiger partial charge in [-0.2, -0.15) is 0 Å². The highest BCUT2D eigenvalue weighted by Crippen LogP contribution is 2.62. The van der Waals surface area contributed by atoms with Crippen molar-refractivity contribution in [3.8, 4) is 0 Å². The topological polar surface area (TPSA) is 21.6 Å². The number of allylic oxidation sites excluding steroid dienone is 7. The van der Waals surface area contributed by atoms with Crippen LogP contribution >= 0.6 is 0 Å². The molecule has 0 bridgehead atoms. The first-order chi connectivity index (χ1) is 10.7. The predicted molar refractivity (Wildman–Crippen MR) is 86.1 cm³/mol. The Morgan fingerprint density at radius 3 is 3.05 bits per heavy atom. The normalized spacial score (nSPS) is 38.2. The maximum absolute atomic E-state index is 15.0. The van der Waals surface area contributed by atoms with Crippen LogP contribution in [0, 0.1) is 17.8 Å². The second-order valence-corrected chi connectivity index (χ2v) is 6.07. The van der Waals surface area contributed by atoms with Crippen molar-refractivity contribution >= 4 is 5.71 Å². The third-order valence-corrected chi connectivity index (χ3v) is 5.11. The van der Waals surface area contributed by atoms with Gasteiger partial charge in [-0.25, -0.2) is 4.39 Å². The average molecular weight is 295 g/mol. The Kier molecular flexibility index (Phi) is 2.95. The summed E-state index contributed by atoms with van der Waals surface area (Å²) < 4.78 is 20.6. The summed E-state index contributed by atoms with van der Waals surface area (Å²) in [6.07, 6.45) is 16.7. The zero-order valence-electron chi connectivity index (χ0n) is 12.5. The van der Waals surface area contributed by atoms with E-state index in [2.05, 4.69) is 29.8 Å². The van der Waals surface area contributed by atoms with Gasteiger partial charge in [0.2, 0.25) is 0 Å². The summed E-state index contributed by atoms with van der Waals surface area (Å²) in [5.41, 5.74) is 2.05. The molecule has 2 nitrogen and oxygen atoms in total. The molecule has 4 rings (SSSR count). The van der Waals surface area contributed by atoms with Gasteiger partial charge in [0, 0.05) is 30.7 Å². The minimum atomic E-state index is -0.530. The lowest BCUT2D eigenvalue weighted by Crippen LogP contribution is -2.18. The van der Waals surface area contributed by atoms with Gasteiger partial charge < -0.3 is 4.74 Å². The molecule has 0 radical (unpaired) electrons. The van der Waals surface area contributed by atoms with Crippen molar-refractivity contribution in [3.05, 3.63) is 72.3 Å². The Bertz CT molecular complexity index is 722. The summed E-state index contributed by atoms with van der Waals surface area (Å²) in [5, 5.41) is 0. The van der Waals surface area contributed by atoms with E-state index in [0.717, 1.165) is 17.7 Å². The number of hydrogen-bond donors (Lipinski definition) is 0. The van der Waals surface area contributed by atoms with Crippen LogP contribution in [0.15, 0.2) is 77.3 Å². The molecule has 4 unspecified atom stereocenters. The molecule has 4 atom stereocenters. The van der Waals surface area contributed by atoms with Crippen molar-refractivity contribution < 1.29 is 9.13 Å². The SMILES string of the molecule is C=CC1C2C(F)=C(C3=CN=C4C=CCC=CC34)C=CC12OC. The van der Waals surface area contributed by atoms with Gasteiger partial charge in [-0.05, 0) is 18.1 Å². The number of hydrogen-bond acceptors (Lipinski definition) is 2. The Morgan fingerprint density at radius 1 is 1.41 bits per heavy atom. The number of aliphatic imine (C=N–C) groups is 1. The van der Waals surface area contributed by atoms with Gasteiger partial charge >= 0.3 is 0 Å². The van der Waals surface area contributed by atoms with Crippen LogP contribution in [-0.2, 0) is 4.74 Å². The van der Waals surface area contributed by atoms with Crippen LogP contribution < -0.4 is 0 Å². The molecule has 22 heavy (non-hydrogen) atoms. The molecule has 3 aliphatic carbocycles. The number of ether oxygens (including phenoxy) is 1. The van der Waals surface area contributed by atoms with Gasteiger partial charge in [0.1, 0.15) is 11.4 Å². The second kappa shape index (κ2) is 4.75. The number of nitrogens with zero attached hydrogens (tertiary/aromatic N) is 1. The van der Waals surface area contributed by atoms with E-state index in [1.165, 1.54) is 0 Å². The van der Waals surface area contributed by atoms with Crippen LogP contribution in [-0.4, -0.2) is 18.4 Å². The lowest BCUT2D eigenvalue weighted by atomic mass is 9.87. The average Bonchev–Trinajstić information content (AvgIpc) is 3.15. The van der Waals surface area contributed by atoms with Crippen molar-refractivity contribution in [1.82, 2.24) is 0 Å². The van der Waals surface area contributed by atoms with Gasteiger partial charge in [-0.15, -0.1) is 6.58 Å². The van der Waals surface area contributed by atoms with Gasteiger partial charge in [0.25, 0.3) is 0 Å². The highest BCUT2D eigenvalue weighted by molar-refractivity contribution is 6.03. The first-order valence-corrected chi connectivity index (χ1v) is 7.61. The summed E-state index contributed by atoms with van der Waals surface area (Å²) in [6, 6.07) is 0. The quantitative estimate of drug-likeness (QED) is 0.719. The van der Waals surface area contributed by atoms with Crippen LogP contribution in [0.3, 0.4) is 0 Å². The molecule has 0 amide bonds. The van der Waals surface area contributed by atoms with Crippen molar-refractivity contribution in [1.29, 1.82) is 0 Å². The summed E-state index contributed by atoms with van der Waals surface area (Å²) in [4.78, 5) is 4.45. The summed E-state index contributed by atoms with van der Waals surface area (Å²) in [6.45, 7) is 3.81. The number of fused-ring (bicyclic) bond motifs is 2. The number of halogens is 1. The summed E-state index contributed by atoms with van der Waals surface area (Å²) >= 11 is 0. The third-order valence-electron chi connectivity index (χ3n) is 5.11. The molecule has 0 N–H and O–H groups in total. The minimum absolute atomic E-state index is 0.0122. The third kappa shape index (κ3) is 1.66. The fourth-order valence-corrected chi connectivity index (χ4v) is 3.86. The van der Waals surface area contributed by atoms with E-state index >= 15 is 4.39 Å². The van der Waals surface area contributed by atoms with E-state index in [1.54, 1.807) is 19.4 Å². The van der Waals surface area contributed by atoms with Crippen LogP contribution in [0.5, 0.6) is 0 Å². The Balaban J connectivity index is 1.71. The molecular weight excluding hydrogens is 277 g/mol. The zero-order chi connectivity index (χ0) is 15.3. The Morgan fingerprint density at radius 2 is 2.27 bits per heavy atom. The lowest BCUT2D eigenvalue weighted by molar-refractivity contribution is 0.0999. The first kappa shape index (κ1) is 13.6. The largest absolute Gasteiger partial charge is 0.373 e. The van der Waals surface area contributed by atoms with Gasteiger partial charge in [0.05, 0.1) is 11.6 Å². The van der Waals surface area contributed by atoms with E-state index in [-0.39, 0.29) is 23.6 Å². The molecule has 0 aromatic heterocycles. The molecule has 1 saturated carbocycles. The molecule has 1 aliphatic heterocycles. The van der Waals surface area contributed by atoms with Gasteiger partial charge in [-0.3, -0.25) is 4.99 Å². The molecule has 0 saturated heterocycles. The predicted octanol–water partition coefficient (Wildman–Crippen LogP) is 4.07. The highest BCUT2D eigenvalue weighted by atomic mass is 19.1. The van der Waals surface area contributed by atoms with Crippen LogP contribution in [0.4, 0.5) is 4.39 Å². The molecule has 3 heteroatoms. The minimum Gasteiger partial charge on any atom is -0.373 e.